The van der Waals surface area contributed by atoms with Crippen molar-refractivity contribution < 1.29 is 4.79 Å². The Balaban J connectivity index is 2.72. The van der Waals surface area contributed by atoms with Crippen molar-refractivity contribution in [1.29, 1.82) is 0 Å². The zero-order chi connectivity index (χ0) is 8.48. The first-order valence-corrected chi connectivity index (χ1v) is 4.38. The zero-order valence-corrected chi connectivity index (χ0v) is 7.68. The van der Waals surface area contributed by atoms with Crippen LogP contribution >= 0.6 is 0 Å². The van der Waals surface area contributed by atoms with E-state index in [1.54, 1.807) is 6.92 Å². The zero-order valence-electron chi connectivity index (χ0n) is 7.68. The van der Waals surface area contributed by atoms with Crippen molar-refractivity contribution in [2.45, 2.75) is 45.6 Å². The van der Waals surface area contributed by atoms with E-state index < -0.39 is 0 Å². The lowest BCUT2D eigenvalue weighted by Crippen LogP contribution is -2.43. The maximum absolute atomic E-state index is 11.1. The van der Waals surface area contributed by atoms with E-state index in [-0.39, 0.29) is 11.4 Å². The standard InChI is InChI=1S/C9H17NO/c1-4-9(3)6-5-7-10(9)8(2)11/h4-7H2,1-3H3/t9-/m1/s1. The van der Waals surface area contributed by atoms with Crippen LogP contribution < -0.4 is 0 Å². The Hall–Kier alpha value is -0.530. The van der Waals surface area contributed by atoms with Crippen LogP contribution in [-0.2, 0) is 4.79 Å². The third-order valence-electron chi connectivity index (χ3n) is 2.89. The van der Waals surface area contributed by atoms with Crippen molar-refractivity contribution in [2.24, 2.45) is 0 Å². The molecule has 1 aliphatic rings. The van der Waals surface area contributed by atoms with Gasteiger partial charge >= 0.3 is 0 Å². The number of carbonyl (C=O) groups is 1. The Kier molecular flexibility index (Phi) is 2.21. The van der Waals surface area contributed by atoms with E-state index in [4.69, 9.17) is 0 Å². The van der Waals surface area contributed by atoms with Crippen LogP contribution in [-0.4, -0.2) is 22.9 Å². The highest BCUT2D eigenvalue weighted by Gasteiger charge is 2.35. The fourth-order valence-electron chi connectivity index (χ4n) is 1.93. The molecule has 1 atom stereocenters. The molecule has 64 valence electrons. The second kappa shape index (κ2) is 2.84. The Morgan fingerprint density at radius 1 is 1.64 bits per heavy atom. The summed E-state index contributed by atoms with van der Waals surface area (Å²) in [5.41, 5.74) is 0.159. The molecule has 0 aromatic heterocycles. The topological polar surface area (TPSA) is 20.3 Å². The van der Waals surface area contributed by atoms with Gasteiger partial charge in [0.2, 0.25) is 5.91 Å². The quantitative estimate of drug-likeness (QED) is 0.565. The van der Waals surface area contributed by atoms with Gasteiger partial charge in [-0.05, 0) is 26.2 Å². The molecule has 0 aromatic rings. The van der Waals surface area contributed by atoms with E-state index in [9.17, 15) is 4.79 Å². The minimum Gasteiger partial charge on any atom is -0.338 e. The van der Waals surface area contributed by atoms with E-state index in [0.717, 1.165) is 13.0 Å². The van der Waals surface area contributed by atoms with Crippen LogP contribution in [0.5, 0.6) is 0 Å². The maximum Gasteiger partial charge on any atom is 0.219 e. The summed E-state index contributed by atoms with van der Waals surface area (Å²) >= 11 is 0. The number of amides is 1. The molecule has 1 saturated heterocycles. The highest BCUT2D eigenvalue weighted by Crippen LogP contribution is 2.31. The summed E-state index contributed by atoms with van der Waals surface area (Å²) in [5, 5.41) is 0. The van der Waals surface area contributed by atoms with Crippen molar-refractivity contribution in [2.75, 3.05) is 6.54 Å². The van der Waals surface area contributed by atoms with Gasteiger partial charge in [0.25, 0.3) is 0 Å². The molecule has 2 nitrogen and oxygen atoms in total. The first-order valence-electron chi connectivity index (χ1n) is 4.38. The first kappa shape index (κ1) is 8.57. The highest BCUT2D eigenvalue weighted by atomic mass is 16.2. The second-order valence-corrected chi connectivity index (χ2v) is 3.62. The Labute approximate surface area is 68.6 Å². The van der Waals surface area contributed by atoms with Gasteiger partial charge in [0, 0.05) is 19.0 Å². The molecule has 0 unspecified atom stereocenters. The average molecular weight is 155 g/mol. The summed E-state index contributed by atoms with van der Waals surface area (Å²) < 4.78 is 0. The van der Waals surface area contributed by atoms with Crippen LogP contribution in [0, 0.1) is 0 Å². The predicted octanol–water partition coefficient (Wildman–Crippen LogP) is 1.80. The number of rotatable bonds is 1. The van der Waals surface area contributed by atoms with Crippen LogP contribution in [0.3, 0.4) is 0 Å². The molecular formula is C9H17NO. The number of nitrogens with zero attached hydrogens (tertiary/aromatic N) is 1. The molecule has 1 fully saturated rings. The monoisotopic (exact) mass is 155 g/mol. The molecule has 2 heteroatoms. The molecule has 1 heterocycles. The van der Waals surface area contributed by atoms with E-state index in [0.29, 0.717) is 0 Å². The summed E-state index contributed by atoms with van der Waals surface area (Å²) in [6.07, 6.45) is 3.42. The lowest BCUT2D eigenvalue weighted by atomic mass is 9.96. The molecule has 1 rings (SSSR count). The molecule has 0 aromatic carbocycles. The van der Waals surface area contributed by atoms with Gasteiger partial charge in [-0.25, -0.2) is 0 Å². The molecule has 0 aliphatic carbocycles. The minimum atomic E-state index is 0.159. The first-order chi connectivity index (χ1) is 5.10. The van der Waals surface area contributed by atoms with Gasteiger partial charge < -0.3 is 4.90 Å². The van der Waals surface area contributed by atoms with Crippen LogP contribution in [0.25, 0.3) is 0 Å². The van der Waals surface area contributed by atoms with Crippen molar-refractivity contribution in [3.63, 3.8) is 0 Å². The third-order valence-corrected chi connectivity index (χ3v) is 2.89. The molecule has 1 aliphatic heterocycles. The van der Waals surface area contributed by atoms with Gasteiger partial charge in [0.05, 0.1) is 0 Å². The summed E-state index contributed by atoms with van der Waals surface area (Å²) in [6, 6.07) is 0. The lowest BCUT2D eigenvalue weighted by molar-refractivity contribution is -0.132. The van der Waals surface area contributed by atoms with Gasteiger partial charge in [-0.2, -0.15) is 0 Å². The second-order valence-electron chi connectivity index (χ2n) is 3.62. The fourth-order valence-corrected chi connectivity index (χ4v) is 1.93. The Morgan fingerprint density at radius 2 is 2.27 bits per heavy atom. The van der Waals surface area contributed by atoms with Crippen LogP contribution in [0.2, 0.25) is 0 Å². The molecule has 0 bridgehead atoms. The molecular weight excluding hydrogens is 138 g/mol. The minimum absolute atomic E-state index is 0.159. The Morgan fingerprint density at radius 3 is 2.64 bits per heavy atom. The number of likely N-dealkylation sites (tertiary alicyclic amines) is 1. The van der Waals surface area contributed by atoms with Gasteiger partial charge in [-0.15, -0.1) is 0 Å². The van der Waals surface area contributed by atoms with Gasteiger partial charge in [-0.3, -0.25) is 4.79 Å². The smallest absolute Gasteiger partial charge is 0.219 e. The summed E-state index contributed by atoms with van der Waals surface area (Å²) in [6.45, 7) is 6.96. The van der Waals surface area contributed by atoms with Crippen molar-refractivity contribution in [1.82, 2.24) is 4.90 Å². The van der Waals surface area contributed by atoms with Crippen LogP contribution in [0.4, 0.5) is 0 Å². The molecule has 0 radical (unpaired) electrons. The van der Waals surface area contributed by atoms with Gasteiger partial charge in [0.15, 0.2) is 0 Å². The van der Waals surface area contributed by atoms with Gasteiger partial charge in [0.1, 0.15) is 0 Å². The molecule has 0 N–H and O–H groups in total. The molecule has 1 amide bonds. The fraction of sp³-hybridized carbons (Fsp3) is 0.889. The van der Waals surface area contributed by atoms with Crippen molar-refractivity contribution in [3.05, 3.63) is 0 Å². The van der Waals surface area contributed by atoms with E-state index >= 15 is 0 Å². The molecule has 11 heavy (non-hydrogen) atoms. The number of carbonyl (C=O) groups excluding carboxylic acids is 1. The SMILES string of the molecule is CC[C@]1(C)CCCN1C(C)=O. The normalized spacial score (nSPS) is 31.0. The van der Waals surface area contributed by atoms with E-state index in [1.165, 1.54) is 12.8 Å². The predicted molar refractivity (Wildman–Crippen MR) is 45.3 cm³/mol. The van der Waals surface area contributed by atoms with Crippen molar-refractivity contribution in [3.8, 4) is 0 Å². The summed E-state index contributed by atoms with van der Waals surface area (Å²) in [5.74, 6) is 0.229. The molecule has 0 saturated carbocycles. The number of hydrogen-bond donors (Lipinski definition) is 0. The van der Waals surface area contributed by atoms with Crippen molar-refractivity contribution >= 4 is 5.91 Å². The third kappa shape index (κ3) is 1.39. The van der Waals surface area contributed by atoms with Crippen LogP contribution in [0.15, 0.2) is 0 Å². The largest absolute Gasteiger partial charge is 0.338 e. The van der Waals surface area contributed by atoms with Crippen LogP contribution in [0.1, 0.15) is 40.0 Å². The Bertz CT molecular complexity index is 167. The lowest BCUT2D eigenvalue weighted by Gasteiger charge is -2.33. The summed E-state index contributed by atoms with van der Waals surface area (Å²) in [4.78, 5) is 13.2. The average Bonchev–Trinajstić information content (AvgIpc) is 2.32. The highest BCUT2D eigenvalue weighted by molar-refractivity contribution is 5.74. The number of hydrogen-bond acceptors (Lipinski definition) is 1. The van der Waals surface area contributed by atoms with E-state index in [2.05, 4.69) is 13.8 Å². The molecule has 0 spiro atoms. The summed E-state index contributed by atoms with van der Waals surface area (Å²) in [7, 11) is 0. The maximum atomic E-state index is 11.1. The van der Waals surface area contributed by atoms with E-state index in [1.807, 2.05) is 4.90 Å². The van der Waals surface area contributed by atoms with Gasteiger partial charge in [-0.1, -0.05) is 6.92 Å².